The lowest BCUT2D eigenvalue weighted by Crippen LogP contribution is -2.27. The Morgan fingerprint density at radius 2 is 2.30 bits per heavy atom. The van der Waals surface area contributed by atoms with Crippen molar-refractivity contribution in [3.8, 4) is 16.8 Å². The van der Waals surface area contributed by atoms with Crippen molar-refractivity contribution in [1.29, 1.82) is 5.26 Å². The number of carbonyl (C=O) groups is 1. The zero-order valence-electron chi connectivity index (χ0n) is 11.3. The van der Waals surface area contributed by atoms with Gasteiger partial charge in [-0.3, -0.25) is 9.78 Å². The minimum absolute atomic E-state index is 0.0996. The quantitative estimate of drug-likeness (QED) is 0.866. The van der Waals surface area contributed by atoms with Crippen LogP contribution in [-0.4, -0.2) is 34.4 Å². The maximum atomic E-state index is 12.3. The van der Waals surface area contributed by atoms with E-state index in [0.29, 0.717) is 23.5 Å². The summed E-state index contributed by atoms with van der Waals surface area (Å²) < 4.78 is 0. The predicted molar refractivity (Wildman–Crippen MR) is 77.3 cm³/mol. The SMILES string of the molecule is Cc1nc(-c2ccccn2)sc1C(=O)N(C)CCC#N. The van der Waals surface area contributed by atoms with Crippen molar-refractivity contribution in [2.24, 2.45) is 0 Å². The van der Waals surface area contributed by atoms with Gasteiger partial charge in [-0.25, -0.2) is 4.98 Å². The Balaban J connectivity index is 2.24. The van der Waals surface area contributed by atoms with Crippen LogP contribution in [0.3, 0.4) is 0 Å². The van der Waals surface area contributed by atoms with Crippen LogP contribution in [0.2, 0.25) is 0 Å². The van der Waals surface area contributed by atoms with Crippen LogP contribution < -0.4 is 0 Å². The molecule has 2 heterocycles. The number of rotatable bonds is 4. The van der Waals surface area contributed by atoms with E-state index in [1.165, 1.54) is 11.3 Å². The molecule has 1 amide bonds. The summed E-state index contributed by atoms with van der Waals surface area (Å²) in [6.07, 6.45) is 2.03. The first-order valence-corrected chi connectivity index (χ1v) is 6.96. The van der Waals surface area contributed by atoms with Crippen molar-refractivity contribution >= 4 is 17.2 Å². The van der Waals surface area contributed by atoms with E-state index in [1.54, 1.807) is 18.1 Å². The monoisotopic (exact) mass is 286 g/mol. The van der Waals surface area contributed by atoms with Crippen LogP contribution in [0.5, 0.6) is 0 Å². The van der Waals surface area contributed by atoms with Gasteiger partial charge in [0.25, 0.3) is 5.91 Å². The lowest BCUT2D eigenvalue weighted by molar-refractivity contribution is 0.0802. The Morgan fingerprint density at radius 1 is 1.50 bits per heavy atom. The van der Waals surface area contributed by atoms with Crippen molar-refractivity contribution in [2.45, 2.75) is 13.3 Å². The number of thiazole rings is 1. The summed E-state index contributed by atoms with van der Waals surface area (Å²) in [6, 6.07) is 7.63. The smallest absolute Gasteiger partial charge is 0.265 e. The van der Waals surface area contributed by atoms with Gasteiger partial charge >= 0.3 is 0 Å². The molecule has 0 aliphatic heterocycles. The lowest BCUT2D eigenvalue weighted by atomic mass is 10.3. The maximum absolute atomic E-state index is 12.3. The Morgan fingerprint density at radius 3 is 2.95 bits per heavy atom. The highest BCUT2D eigenvalue weighted by atomic mass is 32.1. The topological polar surface area (TPSA) is 69.9 Å². The molecule has 2 aromatic heterocycles. The zero-order chi connectivity index (χ0) is 14.5. The minimum Gasteiger partial charge on any atom is -0.340 e. The van der Waals surface area contributed by atoms with Gasteiger partial charge < -0.3 is 4.90 Å². The van der Waals surface area contributed by atoms with Gasteiger partial charge in [0.2, 0.25) is 0 Å². The molecule has 0 aliphatic carbocycles. The molecule has 102 valence electrons. The molecular formula is C14H14N4OS. The molecule has 0 bridgehead atoms. The molecule has 0 atom stereocenters. The van der Waals surface area contributed by atoms with Crippen LogP contribution in [0.15, 0.2) is 24.4 Å². The van der Waals surface area contributed by atoms with Crippen molar-refractivity contribution in [2.75, 3.05) is 13.6 Å². The van der Waals surface area contributed by atoms with E-state index >= 15 is 0 Å². The number of pyridine rings is 1. The van der Waals surface area contributed by atoms with Crippen LogP contribution in [-0.2, 0) is 0 Å². The Hall–Kier alpha value is -2.26. The molecule has 0 spiro atoms. The van der Waals surface area contributed by atoms with Crippen molar-refractivity contribution in [1.82, 2.24) is 14.9 Å². The first-order chi connectivity index (χ1) is 9.63. The summed E-state index contributed by atoms with van der Waals surface area (Å²) in [5.74, 6) is -0.0996. The van der Waals surface area contributed by atoms with Gasteiger partial charge in [-0.2, -0.15) is 5.26 Å². The summed E-state index contributed by atoms with van der Waals surface area (Å²) in [7, 11) is 1.69. The molecule has 6 heteroatoms. The average Bonchev–Trinajstić information content (AvgIpc) is 2.87. The third kappa shape index (κ3) is 3.00. The fourth-order valence-corrected chi connectivity index (χ4v) is 2.72. The second-order valence-electron chi connectivity index (χ2n) is 4.28. The molecule has 0 N–H and O–H groups in total. The highest BCUT2D eigenvalue weighted by Crippen LogP contribution is 2.27. The van der Waals surface area contributed by atoms with E-state index in [2.05, 4.69) is 9.97 Å². The van der Waals surface area contributed by atoms with E-state index in [9.17, 15) is 4.79 Å². The molecule has 0 radical (unpaired) electrons. The largest absolute Gasteiger partial charge is 0.340 e. The molecule has 2 aromatic rings. The van der Waals surface area contributed by atoms with E-state index in [-0.39, 0.29) is 5.91 Å². The molecule has 0 fully saturated rings. The van der Waals surface area contributed by atoms with E-state index in [0.717, 1.165) is 10.7 Å². The number of carbonyl (C=O) groups excluding carboxylic acids is 1. The van der Waals surface area contributed by atoms with Gasteiger partial charge in [0, 0.05) is 19.8 Å². The molecule has 0 saturated carbocycles. The van der Waals surface area contributed by atoms with Gasteiger partial charge in [-0.05, 0) is 19.1 Å². The van der Waals surface area contributed by atoms with Crippen molar-refractivity contribution < 1.29 is 4.79 Å². The molecule has 0 saturated heterocycles. The average molecular weight is 286 g/mol. The normalized spacial score (nSPS) is 10.1. The third-order valence-corrected chi connectivity index (χ3v) is 3.95. The number of aryl methyl sites for hydroxylation is 1. The second-order valence-corrected chi connectivity index (χ2v) is 5.28. The van der Waals surface area contributed by atoms with Crippen molar-refractivity contribution in [3.05, 3.63) is 35.0 Å². The number of nitriles is 1. The Labute approximate surface area is 121 Å². The van der Waals surface area contributed by atoms with Crippen LogP contribution in [0.25, 0.3) is 10.7 Å². The number of amides is 1. The summed E-state index contributed by atoms with van der Waals surface area (Å²) in [5.41, 5.74) is 1.46. The second kappa shape index (κ2) is 6.26. The van der Waals surface area contributed by atoms with Crippen molar-refractivity contribution in [3.63, 3.8) is 0 Å². The van der Waals surface area contributed by atoms with E-state index < -0.39 is 0 Å². The number of aromatic nitrogens is 2. The van der Waals surface area contributed by atoms with Gasteiger partial charge in [0.15, 0.2) is 0 Å². The first-order valence-electron chi connectivity index (χ1n) is 6.14. The van der Waals surface area contributed by atoms with E-state index in [1.807, 2.05) is 31.2 Å². The summed E-state index contributed by atoms with van der Waals surface area (Å²) in [4.78, 5) is 23.1. The zero-order valence-corrected chi connectivity index (χ0v) is 12.1. The van der Waals surface area contributed by atoms with Gasteiger partial charge in [0.05, 0.1) is 23.9 Å². The fraction of sp³-hybridized carbons (Fsp3) is 0.286. The summed E-state index contributed by atoms with van der Waals surface area (Å²) >= 11 is 1.33. The highest BCUT2D eigenvalue weighted by Gasteiger charge is 2.19. The molecule has 2 rings (SSSR count). The summed E-state index contributed by atoms with van der Waals surface area (Å²) in [5, 5.41) is 9.31. The molecule has 20 heavy (non-hydrogen) atoms. The van der Waals surface area contributed by atoms with Crippen LogP contribution in [0.4, 0.5) is 0 Å². The molecule has 5 nitrogen and oxygen atoms in total. The Bertz CT molecular complexity index is 645. The van der Waals surface area contributed by atoms with Gasteiger partial charge in [-0.1, -0.05) is 6.07 Å². The third-order valence-electron chi connectivity index (χ3n) is 2.78. The van der Waals surface area contributed by atoms with Crippen LogP contribution in [0.1, 0.15) is 21.8 Å². The predicted octanol–water partition coefficient (Wildman–Crippen LogP) is 2.50. The molecular weight excluding hydrogens is 272 g/mol. The molecule has 0 aliphatic rings. The van der Waals surface area contributed by atoms with Gasteiger partial charge in [0.1, 0.15) is 9.88 Å². The number of hydrogen-bond donors (Lipinski definition) is 0. The first kappa shape index (κ1) is 14.2. The lowest BCUT2D eigenvalue weighted by Gasteiger charge is -2.14. The molecule has 0 unspecified atom stereocenters. The standard InChI is InChI=1S/C14H14N4OS/c1-10-12(14(19)18(2)9-5-7-15)20-13(17-10)11-6-3-4-8-16-11/h3-4,6,8H,5,9H2,1-2H3. The highest BCUT2D eigenvalue weighted by molar-refractivity contribution is 7.17. The fourth-order valence-electron chi connectivity index (χ4n) is 1.69. The van der Waals surface area contributed by atoms with E-state index in [4.69, 9.17) is 5.26 Å². The van der Waals surface area contributed by atoms with Crippen LogP contribution in [0, 0.1) is 18.3 Å². The maximum Gasteiger partial charge on any atom is 0.265 e. The van der Waals surface area contributed by atoms with Gasteiger partial charge in [-0.15, -0.1) is 11.3 Å². The van der Waals surface area contributed by atoms with Crippen LogP contribution >= 0.6 is 11.3 Å². The molecule has 0 aromatic carbocycles. The number of hydrogen-bond acceptors (Lipinski definition) is 5. The summed E-state index contributed by atoms with van der Waals surface area (Å²) in [6.45, 7) is 2.24. The Kier molecular flexibility index (Phi) is 4.43. The minimum atomic E-state index is -0.0996. The number of nitrogens with zero attached hydrogens (tertiary/aromatic N) is 4.